The van der Waals surface area contributed by atoms with E-state index in [0.717, 1.165) is 58.0 Å². The smallest absolute Gasteiger partial charge is 0.321 e. The van der Waals surface area contributed by atoms with E-state index in [1.54, 1.807) is 0 Å². The molecule has 2 amide bonds. The molecule has 0 radical (unpaired) electrons. The molecule has 2 aliphatic heterocycles. The van der Waals surface area contributed by atoms with Crippen LogP contribution in [0.1, 0.15) is 12.0 Å². The van der Waals surface area contributed by atoms with E-state index in [4.69, 9.17) is 4.74 Å². The average Bonchev–Trinajstić information content (AvgIpc) is 2.99. The van der Waals surface area contributed by atoms with Gasteiger partial charge in [-0.05, 0) is 31.4 Å². The zero-order valence-corrected chi connectivity index (χ0v) is 13.3. The third kappa shape index (κ3) is 3.99. The lowest BCUT2D eigenvalue weighted by atomic mass is 10.1. The highest BCUT2D eigenvalue weighted by atomic mass is 16.5. The maximum absolute atomic E-state index is 12.3. The molecule has 1 atom stereocenters. The van der Waals surface area contributed by atoms with Gasteiger partial charge in [0, 0.05) is 38.4 Å². The fourth-order valence-corrected chi connectivity index (χ4v) is 3.15. The zero-order valence-electron chi connectivity index (χ0n) is 13.3. The minimum Gasteiger partial charge on any atom is -0.379 e. The van der Waals surface area contributed by atoms with Gasteiger partial charge in [0.15, 0.2) is 0 Å². The van der Waals surface area contributed by atoms with Crippen LogP contribution >= 0.6 is 0 Å². The number of ether oxygens (including phenoxy) is 1. The number of benzene rings is 1. The number of carbonyl (C=O) groups is 1. The number of amides is 2. The Labute approximate surface area is 132 Å². The monoisotopic (exact) mass is 303 g/mol. The van der Waals surface area contributed by atoms with Crippen LogP contribution in [0, 0.1) is 12.8 Å². The Morgan fingerprint density at radius 2 is 1.95 bits per heavy atom. The van der Waals surface area contributed by atoms with Crippen LogP contribution in [0.15, 0.2) is 24.3 Å². The van der Waals surface area contributed by atoms with Crippen molar-refractivity contribution in [3.8, 4) is 0 Å². The van der Waals surface area contributed by atoms with E-state index >= 15 is 0 Å². The Bertz CT molecular complexity index is 497. The molecule has 0 saturated carbocycles. The van der Waals surface area contributed by atoms with Crippen molar-refractivity contribution in [1.82, 2.24) is 9.80 Å². The van der Waals surface area contributed by atoms with E-state index in [-0.39, 0.29) is 6.03 Å². The van der Waals surface area contributed by atoms with Crippen molar-refractivity contribution in [2.75, 3.05) is 51.3 Å². The van der Waals surface area contributed by atoms with Gasteiger partial charge in [-0.25, -0.2) is 4.79 Å². The summed E-state index contributed by atoms with van der Waals surface area (Å²) in [5.74, 6) is 0.585. The van der Waals surface area contributed by atoms with Crippen LogP contribution in [0.25, 0.3) is 0 Å². The molecule has 120 valence electrons. The summed E-state index contributed by atoms with van der Waals surface area (Å²) >= 11 is 0. The maximum atomic E-state index is 12.3. The lowest BCUT2D eigenvalue weighted by molar-refractivity contribution is 0.0314. The van der Waals surface area contributed by atoms with Crippen molar-refractivity contribution in [3.63, 3.8) is 0 Å². The lowest BCUT2D eigenvalue weighted by Crippen LogP contribution is -2.40. The summed E-state index contributed by atoms with van der Waals surface area (Å²) in [5, 5.41) is 2.99. The summed E-state index contributed by atoms with van der Waals surface area (Å²) in [6.45, 7) is 8.55. The van der Waals surface area contributed by atoms with E-state index in [1.807, 2.05) is 36.1 Å². The summed E-state index contributed by atoms with van der Waals surface area (Å²) in [6, 6.07) is 7.96. The second kappa shape index (κ2) is 7.11. The minimum absolute atomic E-state index is 0.0216. The molecule has 2 saturated heterocycles. The molecule has 1 aromatic rings. The van der Waals surface area contributed by atoms with Crippen molar-refractivity contribution in [3.05, 3.63) is 29.8 Å². The number of aryl methyl sites for hydroxylation is 1. The molecule has 0 bridgehead atoms. The maximum Gasteiger partial charge on any atom is 0.321 e. The summed E-state index contributed by atoms with van der Waals surface area (Å²) < 4.78 is 5.38. The van der Waals surface area contributed by atoms with Crippen LogP contribution in [0.2, 0.25) is 0 Å². The predicted octanol–water partition coefficient (Wildman–Crippen LogP) is 2.18. The quantitative estimate of drug-likeness (QED) is 0.931. The SMILES string of the molecule is Cc1ccc(NC(=O)N2CCC(CN3CCOCC3)C2)cc1. The number of rotatable bonds is 3. The Hall–Kier alpha value is -1.59. The van der Waals surface area contributed by atoms with Gasteiger partial charge >= 0.3 is 6.03 Å². The number of hydrogen-bond donors (Lipinski definition) is 1. The molecule has 1 aromatic carbocycles. The predicted molar refractivity (Wildman–Crippen MR) is 87.1 cm³/mol. The summed E-state index contributed by atoms with van der Waals surface area (Å²) in [4.78, 5) is 16.7. The number of nitrogens with zero attached hydrogens (tertiary/aromatic N) is 2. The molecular weight excluding hydrogens is 278 g/mol. The number of hydrogen-bond acceptors (Lipinski definition) is 3. The number of nitrogens with one attached hydrogen (secondary N) is 1. The molecule has 5 nitrogen and oxygen atoms in total. The third-order valence-electron chi connectivity index (χ3n) is 4.50. The largest absolute Gasteiger partial charge is 0.379 e. The molecule has 0 aromatic heterocycles. The van der Waals surface area contributed by atoms with Gasteiger partial charge in [-0.3, -0.25) is 4.90 Å². The Balaban J connectivity index is 1.47. The van der Waals surface area contributed by atoms with Crippen LogP contribution in [0.3, 0.4) is 0 Å². The van der Waals surface area contributed by atoms with Gasteiger partial charge in [0.05, 0.1) is 13.2 Å². The Kier molecular flexibility index (Phi) is 4.95. The van der Waals surface area contributed by atoms with Gasteiger partial charge in [-0.1, -0.05) is 17.7 Å². The van der Waals surface area contributed by atoms with Gasteiger partial charge in [-0.2, -0.15) is 0 Å². The first-order chi connectivity index (χ1) is 10.7. The number of carbonyl (C=O) groups excluding carboxylic acids is 1. The zero-order chi connectivity index (χ0) is 15.4. The van der Waals surface area contributed by atoms with Gasteiger partial charge in [0.2, 0.25) is 0 Å². The first-order valence-electron chi connectivity index (χ1n) is 8.13. The summed E-state index contributed by atoms with van der Waals surface area (Å²) in [6.07, 6.45) is 1.10. The molecule has 3 rings (SSSR count). The van der Waals surface area contributed by atoms with Crippen LogP contribution in [0.5, 0.6) is 0 Å². The van der Waals surface area contributed by atoms with Crippen molar-refractivity contribution < 1.29 is 9.53 Å². The fourth-order valence-electron chi connectivity index (χ4n) is 3.15. The molecule has 2 fully saturated rings. The molecule has 0 aliphatic carbocycles. The molecular formula is C17H25N3O2. The Morgan fingerprint density at radius 3 is 2.68 bits per heavy atom. The van der Waals surface area contributed by atoms with E-state index in [1.165, 1.54) is 5.56 Å². The Morgan fingerprint density at radius 1 is 1.23 bits per heavy atom. The molecule has 2 heterocycles. The van der Waals surface area contributed by atoms with Gasteiger partial charge in [0.1, 0.15) is 0 Å². The standard InChI is InChI=1S/C17H25N3O2/c1-14-2-4-16(5-3-14)18-17(21)20-7-6-15(13-20)12-19-8-10-22-11-9-19/h2-5,15H,6-13H2,1H3,(H,18,21). The normalized spacial score (nSPS) is 22.8. The van der Waals surface area contributed by atoms with Crippen molar-refractivity contribution >= 4 is 11.7 Å². The molecule has 2 aliphatic rings. The highest BCUT2D eigenvalue weighted by molar-refractivity contribution is 5.89. The second-order valence-electron chi connectivity index (χ2n) is 6.31. The molecule has 0 spiro atoms. The summed E-state index contributed by atoms with van der Waals surface area (Å²) in [7, 11) is 0. The van der Waals surface area contributed by atoms with Crippen LogP contribution in [0.4, 0.5) is 10.5 Å². The van der Waals surface area contributed by atoms with Crippen molar-refractivity contribution in [2.45, 2.75) is 13.3 Å². The number of morpholine rings is 1. The van der Waals surface area contributed by atoms with Crippen molar-refractivity contribution in [2.24, 2.45) is 5.92 Å². The highest BCUT2D eigenvalue weighted by Crippen LogP contribution is 2.19. The third-order valence-corrected chi connectivity index (χ3v) is 4.50. The minimum atomic E-state index is 0.0216. The number of likely N-dealkylation sites (tertiary alicyclic amines) is 1. The summed E-state index contributed by atoms with van der Waals surface area (Å²) in [5.41, 5.74) is 2.07. The molecule has 22 heavy (non-hydrogen) atoms. The van der Waals surface area contributed by atoms with Crippen molar-refractivity contribution in [1.29, 1.82) is 0 Å². The number of urea groups is 1. The van der Waals surface area contributed by atoms with E-state index in [9.17, 15) is 4.79 Å². The fraction of sp³-hybridized carbons (Fsp3) is 0.588. The average molecular weight is 303 g/mol. The van der Waals surface area contributed by atoms with Gasteiger partial charge in [0.25, 0.3) is 0 Å². The van der Waals surface area contributed by atoms with Crippen LogP contribution in [-0.4, -0.2) is 61.8 Å². The first-order valence-corrected chi connectivity index (χ1v) is 8.13. The van der Waals surface area contributed by atoms with Crippen LogP contribution in [-0.2, 0) is 4.74 Å². The van der Waals surface area contributed by atoms with E-state index in [2.05, 4.69) is 10.2 Å². The lowest BCUT2D eigenvalue weighted by Gasteiger charge is -2.29. The van der Waals surface area contributed by atoms with E-state index < -0.39 is 0 Å². The van der Waals surface area contributed by atoms with Gasteiger partial charge in [-0.15, -0.1) is 0 Å². The number of anilines is 1. The van der Waals surface area contributed by atoms with Gasteiger partial charge < -0.3 is 15.0 Å². The van der Waals surface area contributed by atoms with Crippen LogP contribution < -0.4 is 5.32 Å². The first kappa shape index (κ1) is 15.3. The van der Waals surface area contributed by atoms with E-state index in [0.29, 0.717) is 5.92 Å². The second-order valence-corrected chi connectivity index (χ2v) is 6.31. The molecule has 5 heteroatoms. The molecule has 1 unspecified atom stereocenters. The highest BCUT2D eigenvalue weighted by Gasteiger charge is 2.28. The topological polar surface area (TPSA) is 44.8 Å². The molecule has 1 N–H and O–H groups in total.